The predicted molar refractivity (Wildman–Crippen MR) is 92.0 cm³/mol. The van der Waals surface area contributed by atoms with E-state index in [-0.39, 0.29) is 16.4 Å². The van der Waals surface area contributed by atoms with Crippen LogP contribution in [0.5, 0.6) is 5.75 Å². The minimum absolute atomic E-state index is 0.0498. The second-order valence-electron chi connectivity index (χ2n) is 4.50. The van der Waals surface area contributed by atoms with Crippen LogP contribution in [0.25, 0.3) is 0 Å². The van der Waals surface area contributed by atoms with Crippen LogP contribution < -0.4 is 15.9 Å². The summed E-state index contributed by atoms with van der Waals surface area (Å²) in [6, 6.07) is 11.8. The Bertz CT molecular complexity index is 805. The minimum atomic E-state index is -0.685. The zero-order chi connectivity index (χ0) is 17.5. The molecular weight excluding hydrogens is 332 g/mol. The maximum absolute atomic E-state index is 12.0. The maximum atomic E-state index is 12.0. The van der Waals surface area contributed by atoms with Crippen molar-refractivity contribution in [3.63, 3.8) is 0 Å². The lowest BCUT2D eigenvalue weighted by Gasteiger charge is -2.04. The fourth-order valence-corrected chi connectivity index (χ4v) is 1.76. The number of rotatable bonds is 5. The fraction of sp³-hybridized carbons (Fsp3) is 0. The van der Waals surface area contributed by atoms with Crippen LogP contribution in [0, 0.1) is 10.1 Å². The summed E-state index contributed by atoms with van der Waals surface area (Å²) in [6.45, 7) is 0. The van der Waals surface area contributed by atoms with Crippen LogP contribution in [0.4, 0.5) is 5.69 Å². The predicted octanol–water partition coefficient (Wildman–Crippen LogP) is 1.98. The molecule has 2 aromatic carbocycles. The summed E-state index contributed by atoms with van der Waals surface area (Å²) in [5.74, 6) is -0.388. The lowest BCUT2D eigenvalue weighted by molar-refractivity contribution is -0.384. The molecule has 0 aromatic heterocycles. The second-order valence-corrected chi connectivity index (χ2v) is 4.94. The highest BCUT2D eigenvalue weighted by Gasteiger charge is 2.13. The highest BCUT2D eigenvalue weighted by molar-refractivity contribution is 7.80. The van der Waals surface area contributed by atoms with Crippen LogP contribution in [0.3, 0.4) is 0 Å². The van der Waals surface area contributed by atoms with Gasteiger partial charge in [-0.15, -0.1) is 0 Å². The fourth-order valence-electron chi connectivity index (χ4n) is 1.70. The number of ether oxygens (including phenoxy) is 1. The van der Waals surface area contributed by atoms with Gasteiger partial charge in [-0.2, -0.15) is 5.10 Å². The molecule has 2 aromatic rings. The van der Waals surface area contributed by atoms with E-state index in [1.54, 1.807) is 24.3 Å². The Kier molecular flexibility index (Phi) is 5.53. The van der Waals surface area contributed by atoms with Crippen molar-refractivity contribution in [1.29, 1.82) is 0 Å². The Hall–Kier alpha value is -3.33. The summed E-state index contributed by atoms with van der Waals surface area (Å²) in [7, 11) is 0. The van der Waals surface area contributed by atoms with Crippen LogP contribution in [0.2, 0.25) is 0 Å². The number of nitrogens with two attached hydrogens (primary N) is 1. The maximum Gasteiger partial charge on any atom is 0.343 e. The largest absolute Gasteiger partial charge is 0.423 e. The molecule has 0 heterocycles. The molecule has 0 atom stereocenters. The molecule has 24 heavy (non-hydrogen) atoms. The number of nitro groups is 1. The SMILES string of the molecule is NC(=S)N/N=C/c1ccc(OC(=O)c2cccc([N+](=O)[O-])c2)cc1. The van der Waals surface area contributed by atoms with E-state index in [1.165, 1.54) is 24.4 Å². The molecule has 0 aliphatic rings. The molecule has 0 saturated heterocycles. The van der Waals surface area contributed by atoms with Gasteiger partial charge in [0.25, 0.3) is 5.69 Å². The van der Waals surface area contributed by atoms with Gasteiger partial charge in [-0.25, -0.2) is 4.79 Å². The van der Waals surface area contributed by atoms with Crippen molar-refractivity contribution in [3.8, 4) is 5.75 Å². The lowest BCUT2D eigenvalue weighted by Crippen LogP contribution is -2.23. The first-order valence-corrected chi connectivity index (χ1v) is 7.02. The number of nitro benzene ring substituents is 1. The smallest absolute Gasteiger partial charge is 0.343 e. The number of benzene rings is 2. The molecule has 0 aliphatic heterocycles. The van der Waals surface area contributed by atoms with Crippen LogP contribution >= 0.6 is 12.2 Å². The number of non-ortho nitro benzene ring substituents is 1. The van der Waals surface area contributed by atoms with Gasteiger partial charge in [0.05, 0.1) is 16.7 Å². The van der Waals surface area contributed by atoms with E-state index in [9.17, 15) is 14.9 Å². The van der Waals surface area contributed by atoms with Crippen LogP contribution in [-0.4, -0.2) is 22.2 Å². The standard InChI is InChI=1S/C15H12N4O4S/c16-15(24)18-17-9-10-4-6-13(7-5-10)23-14(20)11-2-1-3-12(8-11)19(21)22/h1-9H,(H3,16,18,24)/b17-9+. The molecule has 0 spiro atoms. The number of esters is 1. The second kappa shape index (κ2) is 7.79. The Morgan fingerprint density at radius 2 is 2.00 bits per heavy atom. The van der Waals surface area contributed by atoms with E-state index < -0.39 is 10.9 Å². The molecule has 122 valence electrons. The van der Waals surface area contributed by atoms with Gasteiger partial charge >= 0.3 is 5.97 Å². The molecular formula is C15H12N4O4S. The monoisotopic (exact) mass is 344 g/mol. The third-order valence-corrected chi connectivity index (χ3v) is 2.86. The Morgan fingerprint density at radius 1 is 1.29 bits per heavy atom. The van der Waals surface area contributed by atoms with Crippen molar-refractivity contribution in [2.24, 2.45) is 10.8 Å². The lowest BCUT2D eigenvalue weighted by atomic mass is 10.2. The number of nitrogens with one attached hydrogen (secondary N) is 1. The first-order chi connectivity index (χ1) is 11.5. The first kappa shape index (κ1) is 17.0. The van der Waals surface area contributed by atoms with Crippen molar-refractivity contribution in [1.82, 2.24) is 5.43 Å². The van der Waals surface area contributed by atoms with Gasteiger partial charge in [-0.3, -0.25) is 15.5 Å². The summed E-state index contributed by atoms with van der Waals surface area (Å²) in [5.41, 5.74) is 8.29. The van der Waals surface area contributed by atoms with E-state index in [0.29, 0.717) is 5.75 Å². The van der Waals surface area contributed by atoms with E-state index in [0.717, 1.165) is 11.6 Å². The molecule has 9 heteroatoms. The summed E-state index contributed by atoms with van der Waals surface area (Å²) < 4.78 is 5.17. The molecule has 2 rings (SSSR count). The van der Waals surface area contributed by atoms with Crippen molar-refractivity contribution < 1.29 is 14.5 Å². The van der Waals surface area contributed by atoms with Gasteiger partial charge in [0.15, 0.2) is 5.11 Å². The summed E-state index contributed by atoms with van der Waals surface area (Å²) in [4.78, 5) is 22.2. The number of carbonyl (C=O) groups is 1. The van der Waals surface area contributed by atoms with Gasteiger partial charge < -0.3 is 10.5 Å². The normalized spacial score (nSPS) is 10.3. The third-order valence-electron chi connectivity index (χ3n) is 2.77. The number of hydrogen-bond acceptors (Lipinski definition) is 6. The number of hydrogen-bond donors (Lipinski definition) is 2. The number of hydrazone groups is 1. The summed E-state index contributed by atoms with van der Waals surface area (Å²) >= 11 is 4.60. The molecule has 0 saturated carbocycles. The van der Waals surface area contributed by atoms with Crippen molar-refractivity contribution in [3.05, 3.63) is 69.8 Å². The summed E-state index contributed by atoms with van der Waals surface area (Å²) in [6.07, 6.45) is 1.49. The third kappa shape index (κ3) is 4.85. The molecule has 0 unspecified atom stereocenters. The van der Waals surface area contributed by atoms with E-state index in [4.69, 9.17) is 10.5 Å². The van der Waals surface area contributed by atoms with Gasteiger partial charge in [-0.05, 0) is 48.1 Å². The molecule has 8 nitrogen and oxygen atoms in total. The average molecular weight is 344 g/mol. The minimum Gasteiger partial charge on any atom is -0.423 e. The Morgan fingerprint density at radius 3 is 2.62 bits per heavy atom. The molecule has 0 amide bonds. The highest BCUT2D eigenvalue weighted by Crippen LogP contribution is 2.17. The van der Waals surface area contributed by atoms with Crippen molar-refractivity contribution in [2.75, 3.05) is 0 Å². The zero-order valence-electron chi connectivity index (χ0n) is 12.2. The van der Waals surface area contributed by atoms with Crippen LogP contribution in [-0.2, 0) is 0 Å². The average Bonchev–Trinajstić information content (AvgIpc) is 2.56. The quantitative estimate of drug-likeness (QED) is 0.212. The number of thiocarbonyl (C=S) groups is 1. The zero-order valence-corrected chi connectivity index (χ0v) is 13.0. The van der Waals surface area contributed by atoms with E-state index >= 15 is 0 Å². The van der Waals surface area contributed by atoms with Gasteiger partial charge in [0, 0.05) is 12.1 Å². The molecule has 0 radical (unpaired) electrons. The van der Waals surface area contributed by atoms with E-state index in [1.807, 2.05) is 0 Å². The van der Waals surface area contributed by atoms with E-state index in [2.05, 4.69) is 22.7 Å². The Labute approximate surface area is 142 Å². The van der Waals surface area contributed by atoms with Crippen molar-refractivity contribution in [2.45, 2.75) is 0 Å². The van der Waals surface area contributed by atoms with Gasteiger partial charge in [0.2, 0.25) is 0 Å². The number of nitrogens with zero attached hydrogens (tertiary/aromatic N) is 2. The van der Waals surface area contributed by atoms with Crippen LogP contribution in [0.1, 0.15) is 15.9 Å². The molecule has 0 aliphatic carbocycles. The van der Waals surface area contributed by atoms with Crippen molar-refractivity contribution >= 4 is 35.2 Å². The molecule has 0 bridgehead atoms. The number of carbonyl (C=O) groups excluding carboxylic acids is 1. The van der Waals surface area contributed by atoms with Gasteiger partial charge in [0.1, 0.15) is 5.75 Å². The molecule has 0 fully saturated rings. The topological polar surface area (TPSA) is 120 Å². The highest BCUT2D eigenvalue weighted by atomic mass is 32.1. The molecule has 3 N–H and O–H groups in total. The van der Waals surface area contributed by atoms with Gasteiger partial charge in [-0.1, -0.05) is 6.07 Å². The van der Waals surface area contributed by atoms with Crippen LogP contribution in [0.15, 0.2) is 53.6 Å². The summed E-state index contributed by atoms with van der Waals surface area (Å²) in [5, 5.41) is 14.6. The Balaban J connectivity index is 2.04. The first-order valence-electron chi connectivity index (χ1n) is 6.61.